The van der Waals surface area contributed by atoms with Gasteiger partial charge in [0.05, 0.1) is 4.88 Å². The molecule has 0 aliphatic carbocycles. The smallest absolute Gasteiger partial charge is 0.264 e. The van der Waals surface area contributed by atoms with E-state index in [2.05, 4.69) is 18.7 Å². The van der Waals surface area contributed by atoms with E-state index in [4.69, 9.17) is 5.73 Å². The summed E-state index contributed by atoms with van der Waals surface area (Å²) in [7, 11) is 0. The van der Waals surface area contributed by atoms with E-state index < -0.39 is 0 Å². The highest BCUT2D eigenvalue weighted by molar-refractivity contribution is 7.17. The predicted octanol–water partition coefficient (Wildman–Crippen LogP) is 4.62. The Labute approximate surface area is 182 Å². The zero-order valence-corrected chi connectivity index (χ0v) is 19.0. The van der Waals surface area contributed by atoms with E-state index in [0.717, 1.165) is 58.8 Å². The molecule has 1 aromatic heterocycles. The van der Waals surface area contributed by atoms with Crippen molar-refractivity contribution in [2.75, 3.05) is 26.2 Å². The Morgan fingerprint density at radius 3 is 2.50 bits per heavy atom. The van der Waals surface area contributed by atoms with Crippen LogP contribution in [0.1, 0.15) is 59.8 Å². The van der Waals surface area contributed by atoms with Gasteiger partial charge in [-0.2, -0.15) is 0 Å². The molecule has 1 aromatic carbocycles. The third kappa shape index (κ3) is 4.32. The number of carbonyl (C=O) groups excluding carboxylic acids is 1. The van der Waals surface area contributed by atoms with Gasteiger partial charge in [-0.25, -0.2) is 4.39 Å². The fourth-order valence-electron chi connectivity index (χ4n) is 4.69. The van der Waals surface area contributed by atoms with Gasteiger partial charge in [0.25, 0.3) is 5.91 Å². The van der Waals surface area contributed by atoms with Gasteiger partial charge in [0, 0.05) is 30.1 Å². The molecule has 1 amide bonds. The summed E-state index contributed by atoms with van der Waals surface area (Å²) in [6.07, 6.45) is 2.86. The lowest BCUT2D eigenvalue weighted by atomic mass is 9.88. The molecular weight excluding hydrogens is 397 g/mol. The summed E-state index contributed by atoms with van der Waals surface area (Å²) in [6, 6.07) is 8.24. The number of nitrogens with zero attached hydrogens (tertiary/aromatic N) is 2. The van der Waals surface area contributed by atoms with Crippen molar-refractivity contribution in [2.45, 2.75) is 58.0 Å². The molecule has 3 heterocycles. The highest BCUT2D eigenvalue weighted by atomic mass is 32.1. The lowest BCUT2D eigenvalue weighted by Crippen LogP contribution is -2.37. The summed E-state index contributed by atoms with van der Waals surface area (Å²) >= 11 is 1.46. The molecule has 0 spiro atoms. The number of piperidine rings is 1. The van der Waals surface area contributed by atoms with Crippen molar-refractivity contribution in [1.29, 1.82) is 0 Å². The van der Waals surface area contributed by atoms with Crippen LogP contribution in [0.2, 0.25) is 0 Å². The van der Waals surface area contributed by atoms with Crippen molar-refractivity contribution in [2.24, 2.45) is 5.73 Å². The minimum absolute atomic E-state index is 0.0469. The Morgan fingerprint density at radius 1 is 1.17 bits per heavy atom. The van der Waals surface area contributed by atoms with Gasteiger partial charge < -0.3 is 15.5 Å². The highest BCUT2D eigenvalue weighted by Gasteiger charge is 2.28. The molecule has 6 heteroatoms. The van der Waals surface area contributed by atoms with Crippen LogP contribution in [0.4, 0.5) is 4.39 Å². The van der Waals surface area contributed by atoms with Crippen LogP contribution in [0.25, 0.3) is 10.4 Å². The number of nitrogens with two attached hydrogens (primary N) is 1. The Kier molecular flexibility index (Phi) is 6.28. The minimum atomic E-state index is -0.125. The monoisotopic (exact) mass is 429 g/mol. The number of amides is 1. The number of thiophene rings is 1. The summed E-state index contributed by atoms with van der Waals surface area (Å²) in [5.74, 6) is 0.210. The van der Waals surface area contributed by atoms with Gasteiger partial charge in [0.1, 0.15) is 5.82 Å². The second kappa shape index (κ2) is 8.77. The van der Waals surface area contributed by atoms with Gasteiger partial charge in [-0.3, -0.25) is 4.79 Å². The van der Waals surface area contributed by atoms with Crippen molar-refractivity contribution in [1.82, 2.24) is 9.80 Å². The van der Waals surface area contributed by atoms with E-state index in [1.165, 1.54) is 11.3 Å². The first-order valence-electron chi connectivity index (χ1n) is 11.0. The normalized spacial score (nSPS) is 21.0. The molecule has 0 saturated carbocycles. The zero-order valence-electron chi connectivity index (χ0n) is 18.2. The molecule has 2 aromatic rings. The molecule has 2 aliphatic rings. The van der Waals surface area contributed by atoms with E-state index in [9.17, 15) is 4.79 Å². The van der Waals surface area contributed by atoms with Crippen molar-refractivity contribution in [3.8, 4) is 10.4 Å². The first kappa shape index (κ1) is 21.5. The van der Waals surface area contributed by atoms with Gasteiger partial charge in [-0.15, -0.1) is 11.3 Å². The lowest BCUT2D eigenvalue weighted by Gasteiger charge is -2.34. The van der Waals surface area contributed by atoms with Crippen LogP contribution in [0.3, 0.4) is 0 Å². The molecule has 0 bridgehead atoms. The number of hydrogen-bond donors (Lipinski definition) is 1. The molecule has 30 heavy (non-hydrogen) atoms. The van der Waals surface area contributed by atoms with Gasteiger partial charge in [-0.05, 0) is 87.9 Å². The maximum absolute atomic E-state index is 15.0. The van der Waals surface area contributed by atoms with E-state index in [0.29, 0.717) is 19.1 Å². The summed E-state index contributed by atoms with van der Waals surface area (Å²) in [5, 5.41) is 0. The number of benzene rings is 1. The Bertz CT molecular complexity index is 917. The largest absolute Gasteiger partial charge is 0.336 e. The number of aryl methyl sites for hydroxylation is 1. The quantitative estimate of drug-likeness (QED) is 0.771. The van der Waals surface area contributed by atoms with Crippen molar-refractivity contribution in [3.63, 3.8) is 0 Å². The summed E-state index contributed by atoms with van der Waals surface area (Å²) in [6.45, 7) is 9.77. The van der Waals surface area contributed by atoms with E-state index in [1.807, 2.05) is 30.0 Å². The fourth-order valence-corrected chi connectivity index (χ4v) is 5.83. The second-order valence-electron chi connectivity index (χ2n) is 9.06. The molecule has 0 radical (unpaired) electrons. The van der Waals surface area contributed by atoms with Crippen LogP contribution in [-0.4, -0.2) is 54.0 Å². The van der Waals surface area contributed by atoms with Gasteiger partial charge >= 0.3 is 0 Å². The number of carbonyl (C=O) groups is 1. The maximum Gasteiger partial charge on any atom is 0.264 e. The standard InChI is InChI=1S/C24H32FN3OS/c1-15(2)27-9-6-17(7-10-27)20-5-4-18(13-21(20)25)22-12-16(3)23(30-22)24(29)28-11-8-19(26)14-28/h4-5,12-13,15,17,19H,6-11,14,26H2,1-3H3/t19-/m0/s1. The van der Waals surface area contributed by atoms with Gasteiger partial charge in [-0.1, -0.05) is 12.1 Å². The Balaban J connectivity index is 1.50. The molecule has 2 aliphatic heterocycles. The third-order valence-electron chi connectivity index (χ3n) is 6.61. The van der Waals surface area contributed by atoms with E-state index in [-0.39, 0.29) is 23.7 Å². The Morgan fingerprint density at radius 2 is 1.90 bits per heavy atom. The second-order valence-corrected chi connectivity index (χ2v) is 10.1. The molecule has 162 valence electrons. The van der Waals surface area contributed by atoms with Crippen LogP contribution >= 0.6 is 11.3 Å². The van der Waals surface area contributed by atoms with Gasteiger partial charge in [0.2, 0.25) is 0 Å². The SMILES string of the molecule is Cc1cc(-c2ccc(C3CCN(C(C)C)CC3)c(F)c2)sc1C(=O)N1CC[C@H](N)C1. The molecule has 4 rings (SSSR count). The molecular formula is C24H32FN3OS. The highest BCUT2D eigenvalue weighted by Crippen LogP contribution is 2.36. The number of hydrogen-bond acceptors (Lipinski definition) is 4. The average Bonchev–Trinajstić information content (AvgIpc) is 3.33. The van der Waals surface area contributed by atoms with E-state index >= 15 is 4.39 Å². The molecule has 2 fully saturated rings. The molecule has 1 atom stereocenters. The summed E-state index contributed by atoms with van der Waals surface area (Å²) in [4.78, 5) is 18.8. The van der Waals surface area contributed by atoms with Crippen LogP contribution in [0, 0.1) is 12.7 Å². The molecule has 4 nitrogen and oxygen atoms in total. The average molecular weight is 430 g/mol. The maximum atomic E-state index is 15.0. The van der Waals surface area contributed by atoms with Crippen LogP contribution in [0.5, 0.6) is 0 Å². The number of rotatable bonds is 4. The van der Waals surface area contributed by atoms with Gasteiger partial charge in [0.15, 0.2) is 0 Å². The topological polar surface area (TPSA) is 49.6 Å². The minimum Gasteiger partial charge on any atom is -0.336 e. The predicted molar refractivity (Wildman–Crippen MR) is 122 cm³/mol. The van der Waals surface area contributed by atoms with E-state index in [1.54, 1.807) is 6.07 Å². The summed E-state index contributed by atoms with van der Waals surface area (Å²) < 4.78 is 15.0. The Hall–Kier alpha value is -1.76. The van der Waals surface area contributed by atoms with Crippen molar-refractivity contribution >= 4 is 17.2 Å². The van der Waals surface area contributed by atoms with Crippen molar-refractivity contribution < 1.29 is 9.18 Å². The lowest BCUT2D eigenvalue weighted by molar-refractivity contribution is 0.0795. The van der Waals surface area contributed by atoms with Crippen LogP contribution in [0.15, 0.2) is 24.3 Å². The number of halogens is 1. The number of likely N-dealkylation sites (tertiary alicyclic amines) is 2. The molecule has 2 saturated heterocycles. The first-order chi connectivity index (χ1) is 14.3. The van der Waals surface area contributed by atoms with Crippen LogP contribution < -0.4 is 5.73 Å². The van der Waals surface area contributed by atoms with Crippen molar-refractivity contribution in [3.05, 3.63) is 46.1 Å². The molecule has 2 N–H and O–H groups in total. The molecule has 0 unspecified atom stereocenters. The fraction of sp³-hybridized carbons (Fsp3) is 0.542. The third-order valence-corrected chi connectivity index (χ3v) is 7.88. The zero-order chi connectivity index (χ0) is 21.4. The first-order valence-corrected chi connectivity index (χ1v) is 11.8. The summed E-state index contributed by atoms with van der Waals surface area (Å²) in [5.41, 5.74) is 8.58. The van der Waals surface area contributed by atoms with Crippen LogP contribution in [-0.2, 0) is 0 Å².